The lowest BCUT2D eigenvalue weighted by atomic mass is 10.1. The van der Waals surface area contributed by atoms with Crippen LogP contribution in [0, 0.1) is 12.8 Å². The van der Waals surface area contributed by atoms with Crippen LogP contribution in [0.1, 0.15) is 27.2 Å². The van der Waals surface area contributed by atoms with Gasteiger partial charge in [-0.3, -0.25) is 0 Å². The first-order valence-corrected chi connectivity index (χ1v) is 3.15. The van der Waals surface area contributed by atoms with Gasteiger partial charge in [-0.25, -0.2) is 0 Å². The van der Waals surface area contributed by atoms with Crippen LogP contribution in [0.25, 0.3) is 0 Å². The molecule has 0 aromatic rings. The van der Waals surface area contributed by atoms with E-state index in [4.69, 9.17) is 0 Å². The summed E-state index contributed by atoms with van der Waals surface area (Å²) in [7, 11) is 0. The normalized spacial score (nSPS) is 13.0. The summed E-state index contributed by atoms with van der Waals surface area (Å²) in [5, 5.41) is 0. The molecule has 1 unspecified atom stereocenters. The van der Waals surface area contributed by atoms with Gasteiger partial charge in [-0.2, -0.15) is 0 Å². The lowest BCUT2D eigenvalue weighted by molar-refractivity contribution is 0.763. The van der Waals surface area contributed by atoms with Crippen molar-refractivity contribution in [1.29, 1.82) is 0 Å². The van der Waals surface area contributed by atoms with E-state index in [-0.39, 0.29) is 0 Å². The quantitative estimate of drug-likeness (QED) is 0.481. The van der Waals surface area contributed by atoms with E-state index in [2.05, 4.69) is 33.8 Å². The van der Waals surface area contributed by atoms with Gasteiger partial charge in [0.15, 0.2) is 0 Å². The molecule has 0 heterocycles. The molecular formula is C8H15. The van der Waals surface area contributed by atoms with Gasteiger partial charge in [-0.05, 0) is 33.1 Å². The van der Waals surface area contributed by atoms with Crippen molar-refractivity contribution in [2.24, 2.45) is 5.92 Å². The summed E-state index contributed by atoms with van der Waals surface area (Å²) in [6.07, 6.45) is 3.34. The van der Waals surface area contributed by atoms with Crippen molar-refractivity contribution in [3.8, 4) is 0 Å². The third kappa shape index (κ3) is 3.91. The summed E-state index contributed by atoms with van der Waals surface area (Å²) in [6.45, 7) is 10.3. The molecule has 0 bridgehead atoms. The maximum atomic E-state index is 3.92. The van der Waals surface area contributed by atoms with Gasteiger partial charge in [0.1, 0.15) is 0 Å². The zero-order valence-electron chi connectivity index (χ0n) is 6.07. The smallest absolute Gasteiger partial charge is 0.0233 e. The molecule has 1 atom stereocenters. The Kier molecular flexibility index (Phi) is 3.59. The number of hydrogen-bond acceptors (Lipinski definition) is 0. The summed E-state index contributed by atoms with van der Waals surface area (Å²) in [4.78, 5) is 0. The second-order valence-electron chi connectivity index (χ2n) is 2.41. The van der Waals surface area contributed by atoms with Gasteiger partial charge in [0.25, 0.3) is 0 Å². The van der Waals surface area contributed by atoms with Crippen LogP contribution in [-0.2, 0) is 0 Å². The van der Waals surface area contributed by atoms with Crippen LogP contribution >= 0.6 is 0 Å². The zero-order valence-corrected chi connectivity index (χ0v) is 6.07. The molecule has 0 spiro atoms. The monoisotopic (exact) mass is 111 g/mol. The molecule has 47 valence electrons. The Hall–Kier alpha value is -0.260. The van der Waals surface area contributed by atoms with Gasteiger partial charge in [0.2, 0.25) is 0 Å². The zero-order chi connectivity index (χ0) is 6.57. The van der Waals surface area contributed by atoms with Gasteiger partial charge in [-0.1, -0.05) is 18.6 Å². The van der Waals surface area contributed by atoms with E-state index < -0.39 is 0 Å². The van der Waals surface area contributed by atoms with Gasteiger partial charge < -0.3 is 0 Å². The molecule has 0 saturated heterocycles. The van der Waals surface area contributed by atoms with Crippen molar-refractivity contribution in [1.82, 2.24) is 0 Å². The van der Waals surface area contributed by atoms with E-state index in [1.165, 1.54) is 5.57 Å². The third-order valence-corrected chi connectivity index (χ3v) is 1.09. The molecule has 0 nitrogen and oxygen atoms in total. The molecule has 0 aliphatic heterocycles. The lowest BCUT2D eigenvalue weighted by Gasteiger charge is -1.99. The fourth-order valence-corrected chi connectivity index (χ4v) is 0.589. The van der Waals surface area contributed by atoms with Gasteiger partial charge >= 0.3 is 0 Å². The fourth-order valence-electron chi connectivity index (χ4n) is 0.589. The van der Waals surface area contributed by atoms with E-state index in [1.54, 1.807) is 0 Å². The number of allylic oxidation sites excluding steroid dienone is 2. The molecule has 0 rings (SSSR count). The first-order chi connectivity index (χ1) is 3.66. The fraction of sp³-hybridized carbons (Fsp3) is 0.625. The van der Waals surface area contributed by atoms with Crippen LogP contribution in [0.15, 0.2) is 11.6 Å². The second kappa shape index (κ2) is 3.71. The van der Waals surface area contributed by atoms with E-state index in [9.17, 15) is 0 Å². The molecule has 0 aromatic heterocycles. The highest BCUT2D eigenvalue weighted by atomic mass is 14.0. The molecule has 8 heavy (non-hydrogen) atoms. The topological polar surface area (TPSA) is 0 Å². The van der Waals surface area contributed by atoms with Crippen molar-refractivity contribution in [3.63, 3.8) is 0 Å². The molecule has 0 heteroatoms. The van der Waals surface area contributed by atoms with Crippen LogP contribution < -0.4 is 0 Å². The van der Waals surface area contributed by atoms with E-state index in [0.29, 0.717) is 5.92 Å². The average molecular weight is 111 g/mol. The first-order valence-electron chi connectivity index (χ1n) is 3.15. The minimum Gasteiger partial charge on any atom is -0.0828 e. The van der Waals surface area contributed by atoms with Crippen LogP contribution in [0.3, 0.4) is 0 Å². The third-order valence-electron chi connectivity index (χ3n) is 1.09. The van der Waals surface area contributed by atoms with E-state index >= 15 is 0 Å². The van der Waals surface area contributed by atoms with Crippen LogP contribution in [0.4, 0.5) is 0 Å². The Bertz CT molecular complexity index is 76.0. The largest absolute Gasteiger partial charge is 0.0828 e. The molecule has 0 fully saturated rings. The average Bonchev–Trinajstić information content (AvgIpc) is 1.65. The van der Waals surface area contributed by atoms with Crippen molar-refractivity contribution in [2.75, 3.05) is 0 Å². The number of hydrogen-bond donors (Lipinski definition) is 0. The SMILES string of the molecule is [CH2]C(C=C(C)C)CC. The summed E-state index contributed by atoms with van der Waals surface area (Å²) < 4.78 is 0. The molecule has 0 aliphatic carbocycles. The van der Waals surface area contributed by atoms with Crippen molar-refractivity contribution in [3.05, 3.63) is 18.6 Å². The van der Waals surface area contributed by atoms with Crippen LogP contribution in [0.5, 0.6) is 0 Å². The van der Waals surface area contributed by atoms with Crippen molar-refractivity contribution >= 4 is 0 Å². The predicted molar refractivity (Wildman–Crippen MR) is 38.6 cm³/mol. The number of rotatable bonds is 2. The van der Waals surface area contributed by atoms with Gasteiger partial charge in [-0.15, -0.1) is 0 Å². The molecule has 0 aromatic carbocycles. The Labute approximate surface area is 52.6 Å². The second-order valence-corrected chi connectivity index (χ2v) is 2.41. The summed E-state index contributed by atoms with van der Waals surface area (Å²) in [5.74, 6) is 0.514. The minimum absolute atomic E-state index is 0.514. The van der Waals surface area contributed by atoms with Crippen molar-refractivity contribution < 1.29 is 0 Å². The molecule has 0 aliphatic rings. The standard InChI is InChI=1S/C8H15/c1-5-8(4)6-7(2)3/h6,8H,4-5H2,1-3H3. The van der Waals surface area contributed by atoms with E-state index in [0.717, 1.165) is 6.42 Å². The molecule has 0 amide bonds. The Morgan fingerprint density at radius 1 is 1.62 bits per heavy atom. The van der Waals surface area contributed by atoms with Gasteiger partial charge in [0, 0.05) is 0 Å². The lowest BCUT2D eigenvalue weighted by Crippen LogP contribution is -1.85. The van der Waals surface area contributed by atoms with Crippen LogP contribution in [0.2, 0.25) is 0 Å². The Morgan fingerprint density at radius 2 is 2.12 bits per heavy atom. The minimum atomic E-state index is 0.514. The predicted octanol–water partition coefficient (Wildman–Crippen LogP) is 2.81. The Balaban J connectivity index is 3.51. The highest BCUT2D eigenvalue weighted by Gasteiger charge is 1.89. The maximum absolute atomic E-state index is 3.92. The summed E-state index contributed by atoms with van der Waals surface area (Å²) >= 11 is 0. The highest BCUT2D eigenvalue weighted by Crippen LogP contribution is 2.04. The van der Waals surface area contributed by atoms with E-state index in [1.807, 2.05) is 0 Å². The summed E-state index contributed by atoms with van der Waals surface area (Å²) in [5.41, 5.74) is 1.37. The molecule has 0 saturated carbocycles. The molecular weight excluding hydrogens is 96.1 g/mol. The van der Waals surface area contributed by atoms with Crippen molar-refractivity contribution in [2.45, 2.75) is 27.2 Å². The highest BCUT2D eigenvalue weighted by molar-refractivity contribution is 4.97. The molecule has 1 radical (unpaired) electrons. The summed E-state index contributed by atoms with van der Waals surface area (Å²) in [6, 6.07) is 0. The van der Waals surface area contributed by atoms with Crippen LogP contribution in [-0.4, -0.2) is 0 Å². The Morgan fingerprint density at radius 3 is 2.25 bits per heavy atom. The first kappa shape index (κ1) is 7.74. The van der Waals surface area contributed by atoms with Gasteiger partial charge in [0.05, 0.1) is 0 Å². The maximum Gasteiger partial charge on any atom is -0.0233 e. The molecule has 0 N–H and O–H groups in total.